The van der Waals surface area contributed by atoms with Crippen LogP contribution in [0.3, 0.4) is 0 Å². The molecule has 0 amide bonds. The minimum atomic E-state index is -5.34. The molecule has 2 atom stereocenters. The fraction of sp³-hybridized carbons (Fsp3) is 1.00. The molecule has 0 aliphatic heterocycles. The lowest BCUT2D eigenvalue weighted by Crippen LogP contribution is -2.32. The smallest absolute Gasteiger partial charge is 0.266 e. The average molecular weight is 957 g/mol. The largest absolute Gasteiger partial charge is 0.790 e. The van der Waals surface area contributed by atoms with Crippen molar-refractivity contribution in [2.75, 3.05) is 119 Å². The van der Waals surface area contributed by atoms with E-state index in [1.54, 1.807) is 9.80 Å². The number of phosphoric acid groups is 4. The zero-order chi connectivity index (χ0) is 40.7. The minimum Gasteiger partial charge on any atom is -0.790 e. The summed E-state index contributed by atoms with van der Waals surface area (Å²) in [5, 5.41) is 50.9. The van der Waals surface area contributed by atoms with Crippen LogP contribution in [0.25, 0.3) is 0 Å². The summed E-state index contributed by atoms with van der Waals surface area (Å²) in [6, 6.07) is 0. The van der Waals surface area contributed by atoms with E-state index < -0.39 is 58.2 Å². The molecule has 58 heavy (non-hydrogen) atoms. The molecule has 0 aromatic rings. The predicted octanol–water partition coefficient (Wildman–Crippen LogP) is -5.59. The topological polar surface area (TPSA) is 637 Å². The number of quaternary nitrogens is 6. The molecule has 2 unspecified atom stereocenters. The van der Waals surface area contributed by atoms with Gasteiger partial charge in [-0.25, -0.2) is 0 Å². The molecule has 0 heterocycles. The van der Waals surface area contributed by atoms with Crippen LogP contribution in [0.4, 0.5) is 0 Å². The van der Waals surface area contributed by atoms with Crippen LogP contribution in [0.2, 0.25) is 0 Å². The Morgan fingerprint density at radius 2 is 0.552 bits per heavy atom. The van der Waals surface area contributed by atoms with Crippen LogP contribution in [0.5, 0.6) is 0 Å². The molecular formula is C22H76N10O22P4. The van der Waals surface area contributed by atoms with Crippen LogP contribution in [-0.2, 0) is 36.4 Å². The molecule has 0 radical (unpaired) electrons. The third-order valence-corrected chi connectivity index (χ3v) is 7.55. The molecule has 0 fully saturated rings. The van der Waals surface area contributed by atoms with E-state index in [2.05, 4.69) is 18.1 Å². The SMILES string of the molecule is O=P([O-])([O-])OCN(CCCCCCN(COP(=O)([O-])[O-])COP(=O)([O-])O)COP(=O)([O-])O.OCCN(CCO)CCO.OCCN(CCO)CCO.[NH4+].[NH4+].[NH4+].[NH4+].[NH4+].[NH4+]. The van der Waals surface area contributed by atoms with Gasteiger partial charge in [-0.3, -0.25) is 28.7 Å². The second kappa shape index (κ2) is 46.3. The van der Waals surface area contributed by atoms with Crippen LogP contribution in [-0.4, -0.2) is 179 Å². The molecule has 0 aliphatic carbocycles. The molecule has 32 N–H and O–H groups in total. The zero-order valence-electron chi connectivity index (χ0n) is 34.4. The lowest BCUT2D eigenvalue weighted by Gasteiger charge is -2.33. The van der Waals surface area contributed by atoms with E-state index in [0.717, 1.165) is 9.80 Å². The lowest BCUT2D eigenvalue weighted by atomic mass is 10.2. The number of unbranched alkanes of at least 4 members (excludes halogenated alkanes) is 3. The Morgan fingerprint density at radius 1 is 0.345 bits per heavy atom. The van der Waals surface area contributed by atoms with E-state index in [9.17, 15) is 47.6 Å². The number of rotatable bonds is 31. The van der Waals surface area contributed by atoms with Crippen molar-refractivity contribution in [3.63, 3.8) is 0 Å². The molecule has 0 aliphatic rings. The van der Waals surface area contributed by atoms with Gasteiger partial charge in [-0.15, -0.1) is 0 Å². The molecule has 0 aromatic carbocycles. The van der Waals surface area contributed by atoms with Crippen molar-refractivity contribution in [1.29, 1.82) is 0 Å². The van der Waals surface area contributed by atoms with Crippen molar-refractivity contribution < 1.29 is 106 Å². The van der Waals surface area contributed by atoms with Crippen LogP contribution < -0.4 is 66.3 Å². The van der Waals surface area contributed by atoms with Gasteiger partial charge in [-0.1, -0.05) is 12.8 Å². The van der Waals surface area contributed by atoms with Crippen molar-refractivity contribution in [3.05, 3.63) is 0 Å². The number of hydrogen-bond donors (Lipinski definition) is 14. The maximum absolute atomic E-state index is 10.6. The number of phosphoric ester groups is 4. The first-order valence-corrected chi connectivity index (χ1v) is 21.2. The van der Waals surface area contributed by atoms with Crippen LogP contribution >= 0.6 is 31.3 Å². The van der Waals surface area contributed by atoms with E-state index >= 15 is 0 Å². The molecule has 0 saturated heterocycles. The first-order chi connectivity index (χ1) is 24.1. The van der Waals surface area contributed by atoms with Gasteiger partial charge in [0.05, 0.1) is 55.3 Å². The minimum absolute atomic E-state index is 0. The Hall–Kier alpha value is -0.200. The van der Waals surface area contributed by atoms with Crippen LogP contribution in [0.15, 0.2) is 0 Å². The summed E-state index contributed by atoms with van der Waals surface area (Å²) in [5.74, 6) is 0. The van der Waals surface area contributed by atoms with Crippen LogP contribution in [0.1, 0.15) is 25.7 Å². The van der Waals surface area contributed by atoms with Gasteiger partial charge in [0.15, 0.2) is 0 Å². The molecule has 0 spiro atoms. The van der Waals surface area contributed by atoms with Gasteiger partial charge in [0.25, 0.3) is 15.6 Å². The normalized spacial score (nSPS) is 13.1. The standard InChI is InChI=1S/C10H28N2O16P4.2C6H15NO3.6H3N/c13-29(14,15)25-7-11(8-26-30(16,17)18)5-3-1-2-4-6-12(9-27-31(19,20)21)10-28-32(22,23)24;2*8-4-1-7(2-5-9)3-6-10;;;;;;/h1-10H2,(H2,13,14,15)(H2,16,17,18)(H2,19,20,21)(H2,22,23,24);2*8-10H,1-6H2;6*1H3. The summed E-state index contributed by atoms with van der Waals surface area (Å²) in [6.07, 6.45) is 1.40. The first-order valence-electron chi connectivity index (χ1n) is 15.3. The van der Waals surface area contributed by atoms with Gasteiger partial charge in [0.2, 0.25) is 0 Å². The Kier molecular flexibility index (Phi) is 62.5. The number of aliphatic hydroxyl groups excluding tert-OH is 6. The number of aliphatic hydroxyl groups is 6. The molecular weight excluding hydrogens is 880 g/mol. The van der Waals surface area contributed by atoms with Crippen molar-refractivity contribution in [2.45, 2.75) is 25.7 Å². The number of hydrogen-bond acceptors (Lipinski definition) is 24. The monoisotopic (exact) mass is 956 g/mol. The first kappa shape index (κ1) is 78.3. The summed E-state index contributed by atoms with van der Waals surface area (Å²) in [7, 11) is -20.9. The second-order valence-corrected chi connectivity index (χ2v) is 14.8. The van der Waals surface area contributed by atoms with E-state index in [0.29, 0.717) is 65.0 Å². The van der Waals surface area contributed by atoms with Crippen molar-refractivity contribution in [1.82, 2.24) is 56.5 Å². The van der Waals surface area contributed by atoms with Crippen LogP contribution in [0, 0.1) is 0 Å². The summed E-state index contributed by atoms with van der Waals surface area (Å²) in [4.78, 5) is 86.0. The fourth-order valence-electron chi connectivity index (χ4n) is 3.49. The summed E-state index contributed by atoms with van der Waals surface area (Å²) in [5.41, 5.74) is 0. The summed E-state index contributed by atoms with van der Waals surface area (Å²) in [6.45, 7) is 0.236. The molecule has 0 rings (SSSR count). The quantitative estimate of drug-likeness (QED) is 0.0175. The molecule has 366 valence electrons. The van der Waals surface area contributed by atoms with Crippen molar-refractivity contribution in [3.8, 4) is 0 Å². The molecule has 32 nitrogen and oxygen atoms in total. The third-order valence-electron chi connectivity index (χ3n) is 5.80. The summed E-state index contributed by atoms with van der Waals surface area (Å²) >= 11 is 0. The van der Waals surface area contributed by atoms with Crippen molar-refractivity contribution in [2.24, 2.45) is 0 Å². The Balaban J connectivity index is -0.000000110. The fourth-order valence-corrected chi connectivity index (χ4v) is 4.72. The van der Waals surface area contributed by atoms with Gasteiger partial charge >= 0.3 is 0 Å². The molecule has 0 aromatic heterocycles. The van der Waals surface area contributed by atoms with E-state index in [1.165, 1.54) is 0 Å². The second-order valence-electron chi connectivity index (χ2n) is 10.1. The maximum Gasteiger partial charge on any atom is 0.266 e. The molecule has 36 heteroatoms. The van der Waals surface area contributed by atoms with E-state index in [1.807, 2.05) is 0 Å². The lowest BCUT2D eigenvalue weighted by molar-refractivity contribution is -0.346. The highest BCUT2D eigenvalue weighted by Crippen LogP contribution is 2.32. The highest BCUT2D eigenvalue weighted by Gasteiger charge is 2.12. The van der Waals surface area contributed by atoms with Gasteiger partial charge in [-0.05, 0) is 12.8 Å². The van der Waals surface area contributed by atoms with Gasteiger partial charge in [-0.2, -0.15) is 0 Å². The number of nitrogens with zero attached hydrogens (tertiary/aromatic N) is 4. The third kappa shape index (κ3) is 64.9. The Bertz CT molecular complexity index is 876. The predicted molar refractivity (Wildman–Crippen MR) is 202 cm³/mol. The van der Waals surface area contributed by atoms with Gasteiger partial charge in [0, 0.05) is 52.4 Å². The highest BCUT2D eigenvalue weighted by molar-refractivity contribution is 7.45. The highest BCUT2D eigenvalue weighted by atomic mass is 31.2. The molecule has 0 saturated carbocycles. The Labute approximate surface area is 338 Å². The van der Waals surface area contributed by atoms with E-state index in [4.69, 9.17) is 40.4 Å². The van der Waals surface area contributed by atoms with Gasteiger partial charge < -0.3 is 134 Å². The maximum atomic E-state index is 10.6. The Morgan fingerprint density at radius 3 is 0.724 bits per heavy atom. The average Bonchev–Trinajstić information content (AvgIpc) is 3.00. The summed E-state index contributed by atoms with van der Waals surface area (Å²) < 4.78 is 58.6. The zero-order valence-corrected chi connectivity index (χ0v) is 38.0. The molecule has 0 bridgehead atoms. The van der Waals surface area contributed by atoms with Gasteiger partial charge in [0.1, 0.15) is 26.9 Å². The van der Waals surface area contributed by atoms with E-state index in [-0.39, 0.29) is 89.6 Å². The van der Waals surface area contributed by atoms with Crippen molar-refractivity contribution >= 4 is 31.3 Å².